The predicted molar refractivity (Wildman–Crippen MR) is 63.1 cm³/mol. The topological polar surface area (TPSA) is 0 Å². The first-order chi connectivity index (χ1) is 7.11. The van der Waals surface area contributed by atoms with E-state index in [1.807, 2.05) is 41.5 Å². The zero-order valence-electron chi connectivity index (χ0n) is 10.6. The third kappa shape index (κ3) is 6.21. The Morgan fingerprint density at radius 1 is 0.933 bits per heavy atom. The van der Waals surface area contributed by atoms with Crippen LogP contribution in [0.25, 0.3) is 0 Å². The predicted octanol–water partition coefficient (Wildman–Crippen LogP) is 5.14. The zero-order chi connectivity index (χ0) is 12.4. The van der Waals surface area contributed by atoms with E-state index in [4.69, 9.17) is 0 Å². The molecule has 1 aromatic carbocycles. The van der Waals surface area contributed by atoms with E-state index in [-0.39, 0.29) is 5.92 Å². The Labute approximate surface area is 92.3 Å². The van der Waals surface area contributed by atoms with E-state index >= 15 is 0 Å². The van der Waals surface area contributed by atoms with Crippen molar-refractivity contribution in [2.75, 3.05) is 0 Å². The molecule has 2 heteroatoms. The minimum Gasteiger partial charge on any atom is -0.207 e. The van der Waals surface area contributed by atoms with E-state index in [2.05, 4.69) is 0 Å². The Morgan fingerprint density at radius 3 is 1.73 bits per heavy atom. The fourth-order valence-electron chi connectivity index (χ4n) is 0.970. The van der Waals surface area contributed by atoms with Crippen LogP contribution in [0.3, 0.4) is 0 Å². The van der Waals surface area contributed by atoms with Gasteiger partial charge in [-0.25, -0.2) is 8.78 Å². The fraction of sp³-hybridized carbons (Fsp3) is 0.538. The van der Waals surface area contributed by atoms with Crippen LogP contribution in [-0.2, 0) is 0 Å². The van der Waals surface area contributed by atoms with E-state index < -0.39 is 11.6 Å². The highest BCUT2D eigenvalue weighted by Crippen LogP contribution is 2.18. The molecule has 0 aliphatic carbocycles. The summed E-state index contributed by atoms with van der Waals surface area (Å²) in [5.74, 6) is -0.873. The van der Waals surface area contributed by atoms with Crippen molar-refractivity contribution in [2.24, 2.45) is 0 Å². The summed E-state index contributed by atoms with van der Waals surface area (Å²) in [5.41, 5.74) is 0.561. The molecule has 0 saturated heterocycles. The first kappa shape index (κ1) is 16.5. The molecule has 0 aromatic heterocycles. The maximum Gasteiger partial charge on any atom is 0.129 e. The molecule has 0 bridgehead atoms. The molecule has 0 saturated carbocycles. The number of rotatable bonds is 1. The van der Waals surface area contributed by atoms with E-state index in [9.17, 15) is 8.78 Å². The van der Waals surface area contributed by atoms with Crippen LogP contribution in [0.2, 0.25) is 0 Å². The Balaban J connectivity index is 0. The molecule has 0 nitrogen and oxygen atoms in total. The van der Waals surface area contributed by atoms with Gasteiger partial charge in [-0.1, -0.05) is 47.6 Å². The van der Waals surface area contributed by atoms with Crippen molar-refractivity contribution in [2.45, 2.75) is 47.5 Å². The van der Waals surface area contributed by atoms with Gasteiger partial charge in [-0.2, -0.15) is 0 Å². The summed E-state index contributed by atoms with van der Waals surface area (Å²) in [6, 6.07) is 3.67. The van der Waals surface area contributed by atoms with Crippen LogP contribution in [0.1, 0.15) is 53.0 Å². The maximum atomic E-state index is 12.9. The molecule has 0 amide bonds. The van der Waals surface area contributed by atoms with Crippen molar-refractivity contribution in [1.29, 1.82) is 0 Å². The van der Waals surface area contributed by atoms with E-state index in [1.54, 1.807) is 0 Å². The highest BCUT2D eigenvalue weighted by Gasteiger charge is 2.06. The van der Waals surface area contributed by atoms with Gasteiger partial charge in [0.1, 0.15) is 11.6 Å². The number of hydrogen-bond donors (Lipinski definition) is 0. The molecule has 0 radical (unpaired) electrons. The molecule has 0 atom stereocenters. The SMILES string of the molecule is CC.CC.CC(C)c1ccc(F)cc1F. The van der Waals surface area contributed by atoms with Crippen molar-refractivity contribution in [3.63, 3.8) is 0 Å². The van der Waals surface area contributed by atoms with Crippen molar-refractivity contribution in [3.8, 4) is 0 Å². The average Bonchev–Trinajstić information content (AvgIpc) is 2.23. The summed E-state index contributed by atoms with van der Waals surface area (Å²) in [4.78, 5) is 0. The van der Waals surface area contributed by atoms with Gasteiger partial charge in [-0.05, 0) is 17.5 Å². The van der Waals surface area contributed by atoms with Crippen molar-refractivity contribution >= 4 is 0 Å². The molecule has 1 rings (SSSR count). The largest absolute Gasteiger partial charge is 0.207 e. The molecular formula is C13H22F2. The number of hydrogen-bond acceptors (Lipinski definition) is 0. The molecule has 0 aliphatic heterocycles. The average molecular weight is 216 g/mol. The van der Waals surface area contributed by atoms with Crippen LogP contribution in [0.4, 0.5) is 8.78 Å². The lowest BCUT2D eigenvalue weighted by Crippen LogP contribution is -1.92. The lowest BCUT2D eigenvalue weighted by molar-refractivity contribution is 0.565. The van der Waals surface area contributed by atoms with Gasteiger partial charge in [0.05, 0.1) is 0 Å². The molecule has 0 aliphatic rings. The summed E-state index contributed by atoms with van der Waals surface area (Å²) >= 11 is 0. The molecular weight excluding hydrogens is 194 g/mol. The summed E-state index contributed by atoms with van der Waals surface area (Å²) < 4.78 is 25.2. The standard InChI is InChI=1S/C9H10F2.2C2H6/c1-6(2)8-4-3-7(10)5-9(8)11;2*1-2/h3-6H,1-2H3;2*1-2H3. The van der Waals surface area contributed by atoms with Crippen LogP contribution in [0, 0.1) is 11.6 Å². The third-order valence-corrected chi connectivity index (χ3v) is 1.58. The molecule has 0 unspecified atom stereocenters. The molecule has 15 heavy (non-hydrogen) atoms. The van der Waals surface area contributed by atoms with Crippen LogP contribution >= 0.6 is 0 Å². The lowest BCUT2D eigenvalue weighted by atomic mass is 10.0. The highest BCUT2D eigenvalue weighted by atomic mass is 19.1. The summed E-state index contributed by atoms with van der Waals surface area (Å²) in [5, 5.41) is 0. The zero-order valence-corrected chi connectivity index (χ0v) is 10.6. The highest BCUT2D eigenvalue weighted by molar-refractivity contribution is 5.21. The van der Waals surface area contributed by atoms with Crippen molar-refractivity contribution in [3.05, 3.63) is 35.4 Å². The molecule has 0 N–H and O–H groups in total. The summed E-state index contributed by atoms with van der Waals surface area (Å²) in [6.07, 6.45) is 0. The second-order valence-corrected chi connectivity index (χ2v) is 2.82. The molecule has 88 valence electrons. The molecule has 0 heterocycles. The minimum absolute atomic E-state index is 0.107. The summed E-state index contributed by atoms with van der Waals surface area (Å²) in [6.45, 7) is 11.7. The minimum atomic E-state index is -0.521. The first-order valence-corrected chi connectivity index (χ1v) is 5.56. The van der Waals surface area contributed by atoms with Gasteiger partial charge in [0.2, 0.25) is 0 Å². The van der Waals surface area contributed by atoms with E-state index in [0.717, 1.165) is 6.07 Å². The Bertz CT molecular complexity index is 255. The quantitative estimate of drug-likeness (QED) is 0.609. The van der Waals surface area contributed by atoms with E-state index in [0.29, 0.717) is 5.56 Å². The number of halogens is 2. The van der Waals surface area contributed by atoms with Crippen molar-refractivity contribution in [1.82, 2.24) is 0 Å². The number of benzene rings is 1. The van der Waals surface area contributed by atoms with Gasteiger partial charge in [0.25, 0.3) is 0 Å². The van der Waals surface area contributed by atoms with Gasteiger partial charge in [-0.3, -0.25) is 0 Å². The molecule has 1 aromatic rings. The summed E-state index contributed by atoms with van der Waals surface area (Å²) in [7, 11) is 0. The second kappa shape index (κ2) is 9.63. The normalized spacial score (nSPS) is 8.60. The van der Waals surface area contributed by atoms with Gasteiger partial charge in [0, 0.05) is 6.07 Å². The smallest absolute Gasteiger partial charge is 0.129 e. The lowest BCUT2D eigenvalue weighted by Gasteiger charge is -2.05. The Morgan fingerprint density at radius 2 is 1.40 bits per heavy atom. The molecule has 0 spiro atoms. The van der Waals surface area contributed by atoms with Crippen LogP contribution < -0.4 is 0 Å². The van der Waals surface area contributed by atoms with Crippen LogP contribution in [-0.4, -0.2) is 0 Å². The molecule has 0 fully saturated rings. The Kier molecular flexibility index (Phi) is 10.6. The second-order valence-electron chi connectivity index (χ2n) is 2.82. The third-order valence-electron chi connectivity index (χ3n) is 1.58. The fourth-order valence-corrected chi connectivity index (χ4v) is 0.970. The van der Waals surface area contributed by atoms with Crippen LogP contribution in [0.15, 0.2) is 18.2 Å². The van der Waals surface area contributed by atoms with Crippen molar-refractivity contribution < 1.29 is 8.78 Å². The maximum absolute atomic E-state index is 12.9. The van der Waals surface area contributed by atoms with Gasteiger partial charge < -0.3 is 0 Å². The van der Waals surface area contributed by atoms with Gasteiger partial charge in [0.15, 0.2) is 0 Å². The van der Waals surface area contributed by atoms with Crippen LogP contribution in [0.5, 0.6) is 0 Å². The first-order valence-electron chi connectivity index (χ1n) is 5.56. The Hall–Kier alpha value is -0.920. The van der Waals surface area contributed by atoms with Gasteiger partial charge >= 0.3 is 0 Å². The van der Waals surface area contributed by atoms with Gasteiger partial charge in [-0.15, -0.1) is 0 Å². The monoisotopic (exact) mass is 216 g/mol. The van der Waals surface area contributed by atoms with E-state index in [1.165, 1.54) is 12.1 Å².